The van der Waals surface area contributed by atoms with E-state index in [0.29, 0.717) is 17.2 Å². The van der Waals surface area contributed by atoms with Gasteiger partial charge >= 0.3 is 0 Å². The first-order valence-electron chi connectivity index (χ1n) is 5.78. The van der Waals surface area contributed by atoms with Crippen molar-refractivity contribution in [2.75, 3.05) is 5.32 Å². The molecule has 1 aromatic carbocycles. The van der Waals surface area contributed by atoms with Gasteiger partial charge in [-0.25, -0.2) is 4.98 Å². The third-order valence-corrected chi connectivity index (χ3v) is 3.01. The predicted molar refractivity (Wildman–Crippen MR) is 74.5 cm³/mol. The maximum absolute atomic E-state index is 9.80. The number of benzene rings is 1. The average Bonchev–Trinajstić information content (AvgIpc) is 2.90. The maximum atomic E-state index is 9.80. The molecular weight excluding hydrogens is 264 g/mol. The molecule has 3 aromatic rings. The molecule has 4 nitrogen and oxygen atoms in total. The molecule has 0 radical (unpaired) electrons. The molecule has 0 aliphatic carbocycles. The van der Waals surface area contributed by atoms with Crippen molar-refractivity contribution < 1.29 is 9.52 Å². The van der Waals surface area contributed by atoms with Crippen molar-refractivity contribution in [3.05, 3.63) is 53.6 Å². The van der Waals surface area contributed by atoms with Crippen molar-refractivity contribution in [1.29, 1.82) is 0 Å². The number of phenolic OH excluding ortho intramolecular Hbond substituents is 1. The van der Waals surface area contributed by atoms with Crippen LogP contribution in [0.25, 0.3) is 10.9 Å². The highest BCUT2D eigenvalue weighted by Gasteiger charge is 2.08. The van der Waals surface area contributed by atoms with Crippen LogP contribution in [-0.2, 0) is 6.54 Å². The Morgan fingerprint density at radius 2 is 2.16 bits per heavy atom. The zero-order chi connectivity index (χ0) is 13.2. The fourth-order valence-corrected chi connectivity index (χ4v) is 2.14. The van der Waals surface area contributed by atoms with Crippen molar-refractivity contribution in [3.8, 4) is 5.75 Å². The van der Waals surface area contributed by atoms with E-state index in [4.69, 9.17) is 16.0 Å². The molecule has 0 spiro atoms. The monoisotopic (exact) mass is 274 g/mol. The number of halogens is 1. The molecule has 2 heterocycles. The van der Waals surface area contributed by atoms with E-state index in [1.165, 1.54) is 0 Å². The minimum Gasteiger partial charge on any atom is -0.506 e. The Balaban J connectivity index is 2.00. The lowest BCUT2D eigenvalue weighted by atomic mass is 10.1. The smallest absolute Gasteiger partial charge is 0.141 e. The second-order valence-corrected chi connectivity index (χ2v) is 4.49. The van der Waals surface area contributed by atoms with Crippen LogP contribution in [0.3, 0.4) is 0 Å². The molecule has 0 amide bonds. The highest BCUT2D eigenvalue weighted by Crippen LogP contribution is 2.30. The number of nitrogens with zero attached hydrogens (tertiary/aromatic N) is 1. The van der Waals surface area contributed by atoms with Crippen LogP contribution in [0.1, 0.15) is 5.76 Å². The molecule has 0 aliphatic rings. The van der Waals surface area contributed by atoms with Crippen molar-refractivity contribution in [2.45, 2.75) is 6.54 Å². The van der Waals surface area contributed by atoms with Crippen LogP contribution in [0.4, 0.5) is 5.69 Å². The second-order valence-electron chi connectivity index (χ2n) is 4.10. The van der Waals surface area contributed by atoms with Gasteiger partial charge in [0, 0.05) is 11.1 Å². The van der Waals surface area contributed by atoms with E-state index < -0.39 is 0 Å². The zero-order valence-corrected chi connectivity index (χ0v) is 10.7. The molecule has 3 rings (SSSR count). The Bertz CT molecular complexity index is 711. The van der Waals surface area contributed by atoms with Crippen LogP contribution >= 0.6 is 11.6 Å². The van der Waals surface area contributed by atoms with Gasteiger partial charge in [0.05, 0.1) is 12.8 Å². The molecule has 2 N–H and O–H groups in total. The number of hydrogen-bond donors (Lipinski definition) is 2. The Kier molecular flexibility index (Phi) is 3.01. The zero-order valence-electron chi connectivity index (χ0n) is 9.93. The highest BCUT2D eigenvalue weighted by molar-refractivity contribution is 6.30. The fourth-order valence-electron chi connectivity index (χ4n) is 1.94. The molecule has 0 atom stereocenters. The second kappa shape index (κ2) is 4.82. The van der Waals surface area contributed by atoms with Gasteiger partial charge in [-0.15, -0.1) is 0 Å². The summed E-state index contributed by atoms with van der Waals surface area (Å²) in [6.45, 7) is 0.540. The first kappa shape index (κ1) is 11.9. The van der Waals surface area contributed by atoms with E-state index in [1.54, 1.807) is 24.5 Å². The van der Waals surface area contributed by atoms with E-state index in [2.05, 4.69) is 10.3 Å². The van der Waals surface area contributed by atoms with Gasteiger partial charge in [-0.3, -0.25) is 0 Å². The number of fused-ring (bicyclic) bond motifs is 1. The van der Waals surface area contributed by atoms with Gasteiger partial charge in [0.15, 0.2) is 0 Å². The third kappa shape index (κ3) is 2.35. The van der Waals surface area contributed by atoms with Crippen LogP contribution in [0.2, 0.25) is 5.15 Å². The number of phenols is 1. The van der Waals surface area contributed by atoms with Crippen LogP contribution in [0, 0.1) is 0 Å². The first-order valence-corrected chi connectivity index (χ1v) is 6.16. The number of hydrogen-bond acceptors (Lipinski definition) is 4. The van der Waals surface area contributed by atoms with Gasteiger partial charge in [-0.05, 0) is 24.3 Å². The topological polar surface area (TPSA) is 58.3 Å². The van der Waals surface area contributed by atoms with E-state index >= 15 is 0 Å². The van der Waals surface area contributed by atoms with E-state index in [-0.39, 0.29) is 5.75 Å². The quantitative estimate of drug-likeness (QED) is 0.713. The molecule has 5 heteroatoms. The van der Waals surface area contributed by atoms with E-state index in [0.717, 1.165) is 16.8 Å². The normalized spacial score (nSPS) is 10.8. The highest BCUT2D eigenvalue weighted by atomic mass is 35.5. The summed E-state index contributed by atoms with van der Waals surface area (Å²) in [5.74, 6) is 0.933. The number of para-hydroxylation sites is 1. The summed E-state index contributed by atoms with van der Waals surface area (Å²) >= 11 is 5.97. The Morgan fingerprint density at radius 3 is 2.95 bits per heavy atom. The third-order valence-electron chi connectivity index (χ3n) is 2.82. The molecule has 0 saturated carbocycles. The molecule has 0 aliphatic heterocycles. The van der Waals surface area contributed by atoms with Crippen molar-refractivity contribution in [3.63, 3.8) is 0 Å². The van der Waals surface area contributed by atoms with Crippen LogP contribution < -0.4 is 5.32 Å². The average molecular weight is 275 g/mol. The summed E-state index contributed by atoms with van der Waals surface area (Å²) < 4.78 is 5.26. The van der Waals surface area contributed by atoms with Gasteiger partial charge in [0.1, 0.15) is 22.2 Å². The number of rotatable bonds is 3. The molecule has 0 unspecified atom stereocenters. The van der Waals surface area contributed by atoms with E-state index in [1.807, 2.05) is 18.2 Å². The van der Waals surface area contributed by atoms with Crippen LogP contribution in [-0.4, -0.2) is 10.1 Å². The minimum absolute atomic E-state index is 0.112. The SMILES string of the molecule is Oc1cccc2c(NCc3ccco3)cc(Cl)nc12. The molecule has 19 heavy (non-hydrogen) atoms. The number of aromatic hydroxyl groups is 1. The summed E-state index contributed by atoms with van der Waals surface area (Å²) in [6, 6.07) is 10.7. The number of aromatic nitrogens is 1. The maximum Gasteiger partial charge on any atom is 0.141 e. The lowest BCUT2D eigenvalue weighted by molar-refractivity contribution is 0.480. The lowest BCUT2D eigenvalue weighted by Crippen LogP contribution is -1.99. The summed E-state index contributed by atoms with van der Waals surface area (Å²) in [6.07, 6.45) is 1.63. The first-order chi connectivity index (χ1) is 9.24. The van der Waals surface area contributed by atoms with Gasteiger partial charge in [0.2, 0.25) is 0 Å². The Labute approximate surface area is 114 Å². The number of anilines is 1. The van der Waals surface area contributed by atoms with Crippen molar-refractivity contribution in [1.82, 2.24) is 4.98 Å². The summed E-state index contributed by atoms with van der Waals surface area (Å²) in [5.41, 5.74) is 1.29. The number of nitrogens with one attached hydrogen (secondary N) is 1. The number of furan rings is 1. The standard InChI is InChI=1S/C14H11ClN2O2/c15-13-7-11(16-8-9-3-2-6-19-9)10-4-1-5-12(18)14(10)17-13/h1-7,18H,8H2,(H,16,17). The molecular formula is C14H11ClN2O2. The lowest BCUT2D eigenvalue weighted by Gasteiger charge is -2.09. The van der Waals surface area contributed by atoms with Gasteiger partial charge in [-0.2, -0.15) is 0 Å². The number of pyridine rings is 1. The van der Waals surface area contributed by atoms with E-state index in [9.17, 15) is 5.11 Å². The van der Waals surface area contributed by atoms with Crippen LogP contribution in [0.15, 0.2) is 47.1 Å². The molecule has 2 aromatic heterocycles. The fraction of sp³-hybridized carbons (Fsp3) is 0.0714. The largest absolute Gasteiger partial charge is 0.506 e. The van der Waals surface area contributed by atoms with Crippen molar-refractivity contribution >= 4 is 28.2 Å². The van der Waals surface area contributed by atoms with Gasteiger partial charge in [-0.1, -0.05) is 23.7 Å². The van der Waals surface area contributed by atoms with Crippen LogP contribution in [0.5, 0.6) is 5.75 Å². The van der Waals surface area contributed by atoms with Crippen molar-refractivity contribution in [2.24, 2.45) is 0 Å². The van der Waals surface area contributed by atoms with Gasteiger partial charge in [0.25, 0.3) is 0 Å². The minimum atomic E-state index is 0.112. The Morgan fingerprint density at radius 1 is 1.26 bits per heavy atom. The predicted octanol–water partition coefficient (Wildman–Crippen LogP) is 3.80. The Hall–Kier alpha value is -2.20. The summed E-state index contributed by atoms with van der Waals surface area (Å²) in [7, 11) is 0. The molecule has 0 bridgehead atoms. The molecule has 96 valence electrons. The summed E-state index contributed by atoms with van der Waals surface area (Å²) in [5, 5.41) is 14.2. The van der Waals surface area contributed by atoms with Gasteiger partial charge < -0.3 is 14.8 Å². The molecule has 0 saturated heterocycles. The summed E-state index contributed by atoms with van der Waals surface area (Å²) in [4.78, 5) is 4.13. The molecule has 0 fully saturated rings.